The molecule has 0 aromatic heterocycles. The molecule has 0 bridgehead atoms. The maximum absolute atomic E-state index is 12.4. The number of carbonyl (C=O) groups excluding carboxylic acids is 1. The van der Waals surface area contributed by atoms with Gasteiger partial charge in [-0.05, 0) is 30.0 Å². The van der Waals surface area contributed by atoms with E-state index in [1.807, 2.05) is 73.7 Å². The number of anilines is 1. The molecule has 1 N–H and O–H groups in total. The molecule has 2 heteroatoms. The molecule has 0 saturated carbocycles. The summed E-state index contributed by atoms with van der Waals surface area (Å²) in [6.45, 7) is 1.94. The number of nitrogens with one attached hydrogen (secondary N) is 1. The highest BCUT2D eigenvalue weighted by molar-refractivity contribution is 6.09. The second-order valence-corrected chi connectivity index (χ2v) is 4.80. The van der Waals surface area contributed by atoms with E-state index in [1.54, 1.807) is 0 Å². The van der Waals surface area contributed by atoms with Gasteiger partial charge in [0.15, 0.2) is 0 Å². The van der Waals surface area contributed by atoms with Crippen molar-refractivity contribution < 1.29 is 4.79 Å². The molecule has 98 valence electrons. The zero-order valence-electron chi connectivity index (χ0n) is 11.3. The molecule has 0 aliphatic carbocycles. The Hall–Kier alpha value is -2.61. The predicted octanol–water partition coefficient (Wildman–Crippen LogP) is 4.40. The Balaban J connectivity index is 1.98. The maximum Gasteiger partial charge on any atom is 0.255 e. The topological polar surface area (TPSA) is 29.1 Å². The van der Waals surface area contributed by atoms with E-state index >= 15 is 0 Å². The van der Waals surface area contributed by atoms with E-state index in [9.17, 15) is 4.79 Å². The van der Waals surface area contributed by atoms with E-state index < -0.39 is 0 Å². The Morgan fingerprint density at radius 3 is 2.40 bits per heavy atom. The molecule has 3 aromatic carbocycles. The van der Waals surface area contributed by atoms with Crippen molar-refractivity contribution in [1.29, 1.82) is 0 Å². The molecule has 2 nitrogen and oxygen atoms in total. The van der Waals surface area contributed by atoms with E-state index in [2.05, 4.69) is 5.32 Å². The molecule has 0 aliphatic rings. The number of benzene rings is 3. The summed E-state index contributed by atoms with van der Waals surface area (Å²) in [5, 5.41) is 5.18. The van der Waals surface area contributed by atoms with Crippen molar-refractivity contribution in [3.8, 4) is 0 Å². The second-order valence-electron chi connectivity index (χ2n) is 4.80. The lowest BCUT2D eigenvalue weighted by Crippen LogP contribution is -2.13. The zero-order chi connectivity index (χ0) is 13.9. The molecule has 0 aliphatic heterocycles. The highest BCUT2D eigenvalue weighted by Crippen LogP contribution is 2.23. The fourth-order valence-electron chi connectivity index (χ4n) is 2.35. The van der Waals surface area contributed by atoms with E-state index in [0.29, 0.717) is 5.56 Å². The molecular weight excluding hydrogens is 246 g/mol. The van der Waals surface area contributed by atoms with E-state index in [0.717, 1.165) is 22.0 Å². The highest BCUT2D eigenvalue weighted by Gasteiger charge is 2.09. The zero-order valence-corrected chi connectivity index (χ0v) is 11.3. The minimum Gasteiger partial charge on any atom is -0.321 e. The number of carbonyl (C=O) groups is 1. The Kier molecular flexibility index (Phi) is 3.21. The fourth-order valence-corrected chi connectivity index (χ4v) is 2.35. The van der Waals surface area contributed by atoms with Crippen LogP contribution < -0.4 is 5.32 Å². The molecule has 3 aromatic rings. The molecule has 0 saturated heterocycles. The largest absolute Gasteiger partial charge is 0.321 e. The van der Waals surface area contributed by atoms with Crippen LogP contribution in [-0.4, -0.2) is 5.91 Å². The van der Waals surface area contributed by atoms with Crippen LogP contribution in [0.15, 0.2) is 66.7 Å². The van der Waals surface area contributed by atoms with Gasteiger partial charge in [0.05, 0.1) is 0 Å². The fraction of sp³-hybridized carbons (Fsp3) is 0.0556. The molecule has 3 rings (SSSR count). The van der Waals surface area contributed by atoms with Crippen LogP contribution in [0.25, 0.3) is 10.8 Å². The van der Waals surface area contributed by atoms with E-state index in [-0.39, 0.29) is 5.91 Å². The molecule has 0 radical (unpaired) electrons. The van der Waals surface area contributed by atoms with Crippen LogP contribution in [0.3, 0.4) is 0 Å². The van der Waals surface area contributed by atoms with Gasteiger partial charge in [-0.15, -0.1) is 0 Å². The summed E-state index contributed by atoms with van der Waals surface area (Å²) in [5.41, 5.74) is 2.53. The van der Waals surface area contributed by atoms with Gasteiger partial charge in [-0.1, -0.05) is 54.6 Å². The number of hydrogen-bond donors (Lipinski definition) is 1. The average Bonchev–Trinajstić information content (AvgIpc) is 2.48. The maximum atomic E-state index is 12.4. The third-order valence-corrected chi connectivity index (χ3v) is 3.43. The first kappa shape index (κ1) is 12.4. The molecule has 0 atom stereocenters. The third-order valence-electron chi connectivity index (χ3n) is 3.43. The van der Waals surface area contributed by atoms with Gasteiger partial charge < -0.3 is 5.32 Å². The molecule has 0 heterocycles. The Morgan fingerprint density at radius 2 is 1.55 bits per heavy atom. The monoisotopic (exact) mass is 261 g/mol. The van der Waals surface area contributed by atoms with Crippen molar-refractivity contribution in [3.05, 3.63) is 77.9 Å². The lowest BCUT2D eigenvalue weighted by molar-refractivity contribution is 0.102. The number of rotatable bonds is 2. The average molecular weight is 261 g/mol. The van der Waals surface area contributed by atoms with Gasteiger partial charge in [-0.25, -0.2) is 0 Å². The predicted molar refractivity (Wildman–Crippen MR) is 83.1 cm³/mol. The lowest BCUT2D eigenvalue weighted by atomic mass is 10.1. The van der Waals surface area contributed by atoms with Gasteiger partial charge in [-0.3, -0.25) is 4.79 Å². The first-order valence-corrected chi connectivity index (χ1v) is 6.60. The van der Waals surface area contributed by atoms with Gasteiger partial charge in [0.1, 0.15) is 0 Å². The first-order chi connectivity index (χ1) is 9.75. The summed E-state index contributed by atoms with van der Waals surface area (Å²) < 4.78 is 0. The molecular formula is C18H15NO. The van der Waals surface area contributed by atoms with Crippen molar-refractivity contribution in [3.63, 3.8) is 0 Å². The highest BCUT2D eigenvalue weighted by atomic mass is 16.1. The van der Waals surface area contributed by atoms with Crippen LogP contribution in [-0.2, 0) is 0 Å². The van der Waals surface area contributed by atoms with Gasteiger partial charge in [0.25, 0.3) is 5.91 Å². The summed E-state index contributed by atoms with van der Waals surface area (Å²) in [6, 6.07) is 21.6. The smallest absolute Gasteiger partial charge is 0.255 e. The Morgan fingerprint density at radius 1 is 0.850 bits per heavy atom. The van der Waals surface area contributed by atoms with Crippen molar-refractivity contribution in [2.45, 2.75) is 6.92 Å². The normalized spacial score (nSPS) is 10.4. The van der Waals surface area contributed by atoms with Gasteiger partial charge in [0.2, 0.25) is 0 Å². The van der Waals surface area contributed by atoms with Crippen molar-refractivity contribution in [1.82, 2.24) is 0 Å². The minimum atomic E-state index is -0.0700. The van der Waals surface area contributed by atoms with Crippen LogP contribution in [0.4, 0.5) is 5.69 Å². The van der Waals surface area contributed by atoms with Gasteiger partial charge in [-0.2, -0.15) is 0 Å². The van der Waals surface area contributed by atoms with E-state index in [4.69, 9.17) is 0 Å². The number of hydrogen-bond acceptors (Lipinski definition) is 1. The summed E-state index contributed by atoms with van der Waals surface area (Å²) in [4.78, 5) is 12.4. The summed E-state index contributed by atoms with van der Waals surface area (Å²) >= 11 is 0. The quantitative estimate of drug-likeness (QED) is 0.727. The van der Waals surface area contributed by atoms with Gasteiger partial charge >= 0.3 is 0 Å². The van der Waals surface area contributed by atoms with Crippen molar-refractivity contribution in [2.24, 2.45) is 0 Å². The SMILES string of the molecule is Cc1ccccc1C(=O)Nc1cccc2ccccc12. The van der Waals surface area contributed by atoms with E-state index in [1.165, 1.54) is 0 Å². The van der Waals surface area contributed by atoms with Crippen LogP contribution in [0.1, 0.15) is 15.9 Å². The standard InChI is InChI=1S/C18H15NO/c1-13-7-2-4-10-15(13)18(20)19-17-12-6-9-14-8-3-5-11-16(14)17/h2-12H,1H3,(H,19,20). The molecule has 0 unspecified atom stereocenters. The van der Waals surface area contributed by atoms with Crippen LogP contribution in [0, 0.1) is 6.92 Å². The van der Waals surface area contributed by atoms with Crippen LogP contribution >= 0.6 is 0 Å². The summed E-state index contributed by atoms with van der Waals surface area (Å²) in [7, 11) is 0. The Bertz CT molecular complexity index is 772. The minimum absolute atomic E-state index is 0.0700. The van der Waals surface area contributed by atoms with Crippen LogP contribution in [0.5, 0.6) is 0 Å². The molecule has 0 spiro atoms. The molecule has 20 heavy (non-hydrogen) atoms. The third kappa shape index (κ3) is 2.28. The number of aryl methyl sites for hydroxylation is 1. The number of fused-ring (bicyclic) bond motifs is 1. The second kappa shape index (κ2) is 5.17. The van der Waals surface area contributed by atoms with Gasteiger partial charge in [0, 0.05) is 16.6 Å². The first-order valence-electron chi connectivity index (χ1n) is 6.60. The van der Waals surface area contributed by atoms with Crippen molar-refractivity contribution in [2.75, 3.05) is 5.32 Å². The Labute approximate surface area is 118 Å². The molecule has 1 amide bonds. The lowest BCUT2D eigenvalue weighted by Gasteiger charge is -2.10. The van der Waals surface area contributed by atoms with Crippen LogP contribution in [0.2, 0.25) is 0 Å². The summed E-state index contributed by atoms with van der Waals surface area (Å²) in [6.07, 6.45) is 0. The summed E-state index contributed by atoms with van der Waals surface area (Å²) in [5.74, 6) is -0.0700. The molecule has 0 fully saturated rings. The van der Waals surface area contributed by atoms with Crippen molar-refractivity contribution >= 4 is 22.4 Å². The number of amides is 1.